The molecule has 1 heterocycles. The minimum atomic E-state index is -0.731. The van der Waals surface area contributed by atoms with Crippen LogP contribution in [0.3, 0.4) is 0 Å². The van der Waals surface area contributed by atoms with E-state index in [1.54, 1.807) is 19.1 Å². The van der Waals surface area contributed by atoms with Crippen molar-refractivity contribution in [2.24, 2.45) is 0 Å². The van der Waals surface area contributed by atoms with Crippen LogP contribution in [0.15, 0.2) is 12.1 Å². The Bertz CT molecular complexity index is 902. The molecule has 3 N–H and O–H groups in total. The minimum absolute atomic E-state index is 0.0240. The largest absolute Gasteiger partial charge is 0.461 e. The van der Waals surface area contributed by atoms with Crippen molar-refractivity contribution in [2.75, 3.05) is 6.61 Å². The number of rotatable bonds is 7. The molecule has 0 saturated heterocycles. The van der Waals surface area contributed by atoms with Crippen LogP contribution in [0.4, 0.5) is 0 Å². The number of esters is 1. The van der Waals surface area contributed by atoms with E-state index in [-0.39, 0.29) is 41.2 Å². The van der Waals surface area contributed by atoms with Gasteiger partial charge in [-0.05, 0) is 29.2 Å². The Hall–Kier alpha value is -2.08. The summed E-state index contributed by atoms with van der Waals surface area (Å²) in [4.78, 5) is 12.3. The van der Waals surface area contributed by atoms with Crippen LogP contribution in [0.2, 0.25) is 10.2 Å². The van der Waals surface area contributed by atoms with Gasteiger partial charge in [-0.1, -0.05) is 35.3 Å². The Morgan fingerprint density at radius 2 is 1.85 bits per heavy atom. The molecule has 27 heavy (non-hydrogen) atoms. The molecule has 0 saturated carbocycles. The van der Waals surface area contributed by atoms with Gasteiger partial charge in [0.05, 0.1) is 37.5 Å². The second-order valence-electron chi connectivity index (χ2n) is 5.50. The fraction of sp³-hybridized carbons (Fsp3) is 0.333. The highest BCUT2D eigenvalue weighted by atomic mass is 35.5. The SMILES string of the molecule is CCOC(=O)c1c(Cl)c(-c2ccc(CO)c(CO)c2CO)c(Cl)n1CC#N. The second-order valence-corrected chi connectivity index (χ2v) is 6.23. The average Bonchev–Trinajstić information content (AvgIpc) is 2.90. The molecule has 0 spiro atoms. The molecule has 0 fully saturated rings. The quantitative estimate of drug-likeness (QED) is 0.601. The van der Waals surface area contributed by atoms with Crippen LogP contribution in [-0.2, 0) is 31.1 Å². The van der Waals surface area contributed by atoms with Crippen molar-refractivity contribution in [1.82, 2.24) is 4.57 Å². The molecule has 0 unspecified atom stereocenters. The molecule has 0 amide bonds. The number of aromatic nitrogens is 1. The number of hydrogen-bond acceptors (Lipinski definition) is 6. The lowest BCUT2D eigenvalue weighted by molar-refractivity contribution is 0.0515. The number of carbonyl (C=O) groups is 1. The number of nitriles is 1. The van der Waals surface area contributed by atoms with Gasteiger partial charge in [-0.15, -0.1) is 0 Å². The molecule has 1 aromatic heterocycles. The third-order valence-corrected chi connectivity index (χ3v) is 4.88. The van der Waals surface area contributed by atoms with E-state index in [9.17, 15) is 20.1 Å². The summed E-state index contributed by atoms with van der Waals surface area (Å²) in [5.74, 6) is -0.731. The van der Waals surface area contributed by atoms with E-state index < -0.39 is 19.2 Å². The number of carbonyl (C=O) groups excluding carboxylic acids is 1. The van der Waals surface area contributed by atoms with Crippen LogP contribution >= 0.6 is 23.2 Å². The van der Waals surface area contributed by atoms with E-state index in [0.717, 1.165) is 0 Å². The highest BCUT2D eigenvalue weighted by Crippen LogP contribution is 2.42. The van der Waals surface area contributed by atoms with Gasteiger partial charge in [0.2, 0.25) is 0 Å². The molecular formula is C18H18Cl2N2O5. The van der Waals surface area contributed by atoms with Crippen LogP contribution in [0.25, 0.3) is 11.1 Å². The smallest absolute Gasteiger partial charge is 0.356 e. The standard InChI is InChI=1S/C18H18Cl2N2O5/c1-2-27-18(26)16-15(19)14(17(20)22(16)6-5-21)11-4-3-10(7-23)12(8-24)13(11)9-25/h3-4,23-25H,2,6-9H2,1H3. The molecule has 9 heteroatoms. The van der Waals surface area contributed by atoms with Crippen molar-refractivity contribution in [2.45, 2.75) is 33.3 Å². The van der Waals surface area contributed by atoms with Crippen LogP contribution in [-0.4, -0.2) is 32.5 Å². The molecule has 0 radical (unpaired) electrons. The maximum atomic E-state index is 12.3. The van der Waals surface area contributed by atoms with E-state index in [2.05, 4.69) is 0 Å². The van der Waals surface area contributed by atoms with Crippen molar-refractivity contribution in [1.29, 1.82) is 5.26 Å². The predicted octanol–water partition coefficient (Wildman–Crippen LogP) is 2.64. The Labute approximate surface area is 165 Å². The highest BCUT2D eigenvalue weighted by molar-refractivity contribution is 6.41. The van der Waals surface area contributed by atoms with Gasteiger partial charge in [-0.3, -0.25) is 0 Å². The molecule has 144 valence electrons. The molecule has 1 aromatic carbocycles. The zero-order valence-corrected chi connectivity index (χ0v) is 16.0. The van der Waals surface area contributed by atoms with Gasteiger partial charge in [0.1, 0.15) is 17.4 Å². The first-order valence-corrected chi connectivity index (χ1v) is 8.80. The monoisotopic (exact) mass is 412 g/mol. The fourth-order valence-corrected chi connectivity index (χ4v) is 3.67. The molecule has 0 atom stereocenters. The summed E-state index contributed by atoms with van der Waals surface area (Å²) < 4.78 is 6.24. The molecule has 2 aromatic rings. The van der Waals surface area contributed by atoms with Gasteiger partial charge in [-0.2, -0.15) is 5.26 Å². The van der Waals surface area contributed by atoms with Crippen molar-refractivity contribution >= 4 is 29.2 Å². The molecule has 0 aliphatic carbocycles. The van der Waals surface area contributed by atoms with E-state index in [1.807, 2.05) is 6.07 Å². The highest BCUT2D eigenvalue weighted by Gasteiger charge is 2.29. The van der Waals surface area contributed by atoms with Crippen LogP contribution in [0.5, 0.6) is 0 Å². The average molecular weight is 413 g/mol. The van der Waals surface area contributed by atoms with Gasteiger partial charge in [0.15, 0.2) is 0 Å². The van der Waals surface area contributed by atoms with Crippen molar-refractivity contribution < 1.29 is 24.9 Å². The van der Waals surface area contributed by atoms with Gasteiger partial charge >= 0.3 is 5.97 Å². The number of aliphatic hydroxyl groups excluding tert-OH is 3. The lowest BCUT2D eigenvalue weighted by Gasteiger charge is -2.15. The topological polar surface area (TPSA) is 116 Å². The number of benzene rings is 1. The molecule has 0 bridgehead atoms. The van der Waals surface area contributed by atoms with Gasteiger partial charge < -0.3 is 24.6 Å². The lowest BCUT2D eigenvalue weighted by Crippen LogP contribution is -2.12. The third-order valence-electron chi connectivity index (χ3n) is 4.12. The van der Waals surface area contributed by atoms with Crippen LogP contribution in [0.1, 0.15) is 34.1 Å². The number of aliphatic hydroxyl groups is 3. The first kappa shape index (κ1) is 21.2. The predicted molar refractivity (Wildman–Crippen MR) is 99.2 cm³/mol. The van der Waals surface area contributed by atoms with Crippen LogP contribution < -0.4 is 0 Å². The zero-order chi connectivity index (χ0) is 20.1. The summed E-state index contributed by atoms with van der Waals surface area (Å²) in [5, 5.41) is 38.0. The summed E-state index contributed by atoms with van der Waals surface area (Å²) in [6, 6.07) is 5.06. The Morgan fingerprint density at radius 3 is 2.37 bits per heavy atom. The van der Waals surface area contributed by atoms with Crippen LogP contribution in [0, 0.1) is 11.3 Å². The fourth-order valence-electron chi connectivity index (χ4n) is 2.91. The first-order valence-electron chi connectivity index (χ1n) is 8.04. The number of hydrogen-bond donors (Lipinski definition) is 3. The Kier molecular flexibility index (Phi) is 7.25. The van der Waals surface area contributed by atoms with E-state index in [4.69, 9.17) is 33.2 Å². The summed E-state index contributed by atoms with van der Waals surface area (Å²) in [6.07, 6.45) is 0. The molecule has 0 aliphatic rings. The number of ether oxygens (including phenoxy) is 1. The lowest BCUT2D eigenvalue weighted by atomic mass is 9.93. The normalized spacial score (nSPS) is 10.7. The third kappa shape index (κ3) is 3.81. The van der Waals surface area contributed by atoms with Crippen molar-refractivity contribution in [3.05, 3.63) is 44.7 Å². The van der Waals surface area contributed by atoms with E-state index in [1.165, 1.54) is 4.57 Å². The summed E-state index contributed by atoms with van der Waals surface area (Å²) in [6.45, 7) is 0.317. The molecule has 2 rings (SSSR count). The van der Waals surface area contributed by atoms with Gasteiger partial charge in [0.25, 0.3) is 0 Å². The number of halogens is 2. The zero-order valence-electron chi connectivity index (χ0n) is 14.5. The Balaban J connectivity index is 2.82. The van der Waals surface area contributed by atoms with Gasteiger partial charge in [-0.25, -0.2) is 4.79 Å². The van der Waals surface area contributed by atoms with Crippen molar-refractivity contribution in [3.8, 4) is 17.2 Å². The minimum Gasteiger partial charge on any atom is -0.461 e. The molecule has 7 nitrogen and oxygen atoms in total. The first-order chi connectivity index (χ1) is 13.0. The maximum absolute atomic E-state index is 12.3. The second kappa shape index (κ2) is 9.22. The van der Waals surface area contributed by atoms with Crippen molar-refractivity contribution in [3.63, 3.8) is 0 Å². The summed E-state index contributed by atoms with van der Waals surface area (Å²) >= 11 is 12.8. The molecular weight excluding hydrogens is 395 g/mol. The summed E-state index contributed by atoms with van der Waals surface area (Å²) in [5.41, 5.74) is 1.66. The Morgan fingerprint density at radius 1 is 1.19 bits per heavy atom. The summed E-state index contributed by atoms with van der Waals surface area (Å²) in [7, 11) is 0. The molecule has 0 aliphatic heterocycles. The van der Waals surface area contributed by atoms with E-state index >= 15 is 0 Å². The van der Waals surface area contributed by atoms with E-state index in [0.29, 0.717) is 22.3 Å². The maximum Gasteiger partial charge on any atom is 0.356 e. The van der Waals surface area contributed by atoms with Gasteiger partial charge in [0, 0.05) is 5.56 Å². The number of nitrogens with zero attached hydrogens (tertiary/aromatic N) is 2.